The maximum Gasteiger partial charge on any atom is 0.434 e. The van der Waals surface area contributed by atoms with E-state index in [-0.39, 0.29) is 25.0 Å². The quantitative estimate of drug-likeness (QED) is 0.555. The molecule has 0 amide bonds. The van der Waals surface area contributed by atoms with Crippen LogP contribution in [-0.4, -0.2) is 48.5 Å². The predicted molar refractivity (Wildman–Crippen MR) is 71.2 cm³/mol. The molecule has 0 fully saturated rings. The van der Waals surface area contributed by atoms with Crippen molar-refractivity contribution < 1.29 is 45.4 Å². The molecule has 0 aromatic carbocycles. The second-order valence-corrected chi connectivity index (χ2v) is 5.26. The highest BCUT2D eigenvalue weighted by Gasteiger charge is 2.52. The first kappa shape index (κ1) is 20.3. The number of carbonyl (C=O) groups is 2. The molecule has 0 bridgehead atoms. The van der Waals surface area contributed by atoms with Crippen LogP contribution in [0.15, 0.2) is 15.6 Å². The number of carbonyl (C=O) groups excluding carboxylic acids is 2. The molecule has 0 N–H and O–H groups in total. The van der Waals surface area contributed by atoms with Gasteiger partial charge in [0.25, 0.3) is 0 Å². The number of nitrogens with zero attached hydrogens (tertiary/aromatic N) is 1. The third-order valence-electron chi connectivity index (χ3n) is 2.45. The van der Waals surface area contributed by atoms with E-state index in [4.69, 9.17) is 0 Å². The molecule has 0 saturated carbocycles. The summed E-state index contributed by atoms with van der Waals surface area (Å²) < 4.78 is 86.6. The summed E-state index contributed by atoms with van der Waals surface area (Å²) in [6.07, 6.45) is -10.7. The normalized spacial score (nSPS) is 19.0. The fourth-order valence-corrected chi connectivity index (χ4v) is 2.71. The van der Waals surface area contributed by atoms with E-state index in [0.29, 0.717) is 0 Å². The summed E-state index contributed by atoms with van der Waals surface area (Å²) in [6.45, 7) is 1.99. The molecular weight excluding hydrogens is 368 g/mol. The van der Waals surface area contributed by atoms with Crippen molar-refractivity contribution in [2.24, 2.45) is 4.99 Å². The predicted octanol–water partition coefficient (Wildman–Crippen LogP) is 3.01. The largest absolute Gasteiger partial charge is 0.465 e. The molecule has 5 nitrogen and oxygen atoms in total. The maximum atomic E-state index is 13.0. The molecule has 1 rings (SSSR count). The molecule has 24 heavy (non-hydrogen) atoms. The fourth-order valence-electron chi connectivity index (χ4n) is 1.58. The van der Waals surface area contributed by atoms with E-state index in [2.05, 4.69) is 14.5 Å². The van der Waals surface area contributed by atoms with Gasteiger partial charge in [0, 0.05) is 0 Å². The van der Waals surface area contributed by atoms with Crippen LogP contribution in [0.2, 0.25) is 0 Å². The lowest BCUT2D eigenvalue weighted by molar-refractivity contribution is -0.142. The number of ether oxygens (including phenoxy) is 2. The van der Waals surface area contributed by atoms with Crippen LogP contribution in [0.1, 0.15) is 13.8 Å². The second kappa shape index (κ2) is 7.45. The molecule has 0 saturated heterocycles. The SMILES string of the molecule is CCOC(=O)C1=C(C(F)(F)F)N=C(C(F)(F)F)C(C(=O)OCC)S1. The molecule has 0 aromatic heterocycles. The zero-order valence-corrected chi connectivity index (χ0v) is 13.1. The van der Waals surface area contributed by atoms with Crippen LogP contribution in [0.25, 0.3) is 0 Å². The van der Waals surface area contributed by atoms with Gasteiger partial charge in [0.05, 0.1) is 13.2 Å². The fraction of sp³-hybridized carbons (Fsp3) is 0.583. The number of hydrogen-bond donors (Lipinski definition) is 0. The zero-order chi connectivity index (χ0) is 18.7. The average molecular weight is 379 g/mol. The molecule has 0 aliphatic carbocycles. The second-order valence-electron chi connectivity index (χ2n) is 4.14. The number of aliphatic imine (C=N–C) groups is 1. The highest BCUT2D eigenvalue weighted by atomic mass is 32.2. The number of thioether (sulfide) groups is 1. The van der Waals surface area contributed by atoms with Gasteiger partial charge in [0.2, 0.25) is 0 Å². The van der Waals surface area contributed by atoms with Crippen LogP contribution in [-0.2, 0) is 19.1 Å². The molecule has 0 aromatic rings. The molecule has 1 heterocycles. The maximum absolute atomic E-state index is 13.0. The first-order valence-electron chi connectivity index (χ1n) is 6.41. The summed E-state index contributed by atoms with van der Waals surface area (Å²) in [7, 11) is 0. The molecule has 1 aliphatic heterocycles. The Hall–Kier alpha value is -1.72. The average Bonchev–Trinajstić information content (AvgIpc) is 2.44. The van der Waals surface area contributed by atoms with Gasteiger partial charge in [-0.15, -0.1) is 0 Å². The minimum Gasteiger partial charge on any atom is -0.465 e. The third-order valence-corrected chi connectivity index (χ3v) is 3.70. The summed E-state index contributed by atoms with van der Waals surface area (Å²) in [5.41, 5.74) is -4.05. The Labute approximate surface area is 136 Å². The lowest BCUT2D eigenvalue weighted by atomic mass is 10.2. The highest BCUT2D eigenvalue weighted by molar-refractivity contribution is 8.06. The van der Waals surface area contributed by atoms with Crippen molar-refractivity contribution in [2.45, 2.75) is 31.5 Å². The van der Waals surface area contributed by atoms with Crippen molar-refractivity contribution in [3.05, 3.63) is 10.6 Å². The lowest BCUT2D eigenvalue weighted by Crippen LogP contribution is -2.42. The monoisotopic (exact) mass is 379 g/mol. The van der Waals surface area contributed by atoms with E-state index >= 15 is 0 Å². The van der Waals surface area contributed by atoms with Gasteiger partial charge in [0.1, 0.15) is 10.6 Å². The lowest BCUT2D eigenvalue weighted by Gasteiger charge is -2.26. The molecule has 1 unspecified atom stereocenters. The van der Waals surface area contributed by atoms with Crippen LogP contribution in [0.5, 0.6) is 0 Å². The topological polar surface area (TPSA) is 65.0 Å². The van der Waals surface area contributed by atoms with E-state index in [1.54, 1.807) is 0 Å². The molecule has 1 atom stereocenters. The summed E-state index contributed by atoms with van der Waals surface area (Å²) in [6, 6.07) is 0. The Morgan fingerprint density at radius 3 is 2.00 bits per heavy atom. The van der Waals surface area contributed by atoms with E-state index in [0.717, 1.165) is 0 Å². The Balaban J connectivity index is 3.49. The van der Waals surface area contributed by atoms with Gasteiger partial charge in [0.15, 0.2) is 10.9 Å². The first-order chi connectivity index (χ1) is 10.9. The standard InChI is InChI=1S/C12H11F6NO4S/c1-3-22-9(20)5-7(11(13,14)15)19-8(12(16,17)18)6(24-5)10(21)23-4-2/h5H,3-4H2,1-2H3. The molecule has 12 heteroatoms. The van der Waals surface area contributed by atoms with Gasteiger partial charge in [-0.25, -0.2) is 9.79 Å². The summed E-state index contributed by atoms with van der Waals surface area (Å²) in [5, 5.41) is -2.25. The van der Waals surface area contributed by atoms with Crippen LogP contribution < -0.4 is 0 Å². The van der Waals surface area contributed by atoms with Crippen LogP contribution in [0, 0.1) is 0 Å². The van der Waals surface area contributed by atoms with Crippen LogP contribution in [0.4, 0.5) is 26.3 Å². The number of hydrogen-bond acceptors (Lipinski definition) is 6. The van der Waals surface area contributed by atoms with Crippen molar-refractivity contribution in [3.63, 3.8) is 0 Å². The van der Waals surface area contributed by atoms with Crippen molar-refractivity contribution in [1.29, 1.82) is 0 Å². The molecule has 1 aliphatic rings. The van der Waals surface area contributed by atoms with Crippen LogP contribution in [0.3, 0.4) is 0 Å². The van der Waals surface area contributed by atoms with E-state index in [1.165, 1.54) is 13.8 Å². The molecular formula is C12H11F6NO4S. The first-order valence-corrected chi connectivity index (χ1v) is 7.29. The number of allylic oxidation sites excluding steroid dienone is 1. The van der Waals surface area contributed by atoms with E-state index in [9.17, 15) is 35.9 Å². The summed E-state index contributed by atoms with van der Waals surface area (Å²) in [5.74, 6) is -2.98. The summed E-state index contributed by atoms with van der Waals surface area (Å²) >= 11 is -0.243. The van der Waals surface area contributed by atoms with Crippen molar-refractivity contribution in [1.82, 2.24) is 0 Å². The van der Waals surface area contributed by atoms with Gasteiger partial charge in [-0.1, -0.05) is 11.8 Å². The number of rotatable bonds is 4. The van der Waals surface area contributed by atoms with Crippen LogP contribution >= 0.6 is 11.8 Å². The van der Waals surface area contributed by atoms with Gasteiger partial charge < -0.3 is 9.47 Å². The minimum absolute atomic E-state index is 0.243. The van der Waals surface area contributed by atoms with Gasteiger partial charge in [-0.2, -0.15) is 26.3 Å². The molecule has 0 radical (unpaired) electrons. The summed E-state index contributed by atoms with van der Waals surface area (Å²) in [4.78, 5) is 24.6. The third kappa shape index (κ3) is 4.65. The molecule has 136 valence electrons. The zero-order valence-electron chi connectivity index (χ0n) is 12.2. The van der Waals surface area contributed by atoms with Gasteiger partial charge >= 0.3 is 24.3 Å². The number of halogens is 6. The Kier molecular flexibility index (Phi) is 6.31. The van der Waals surface area contributed by atoms with Gasteiger partial charge in [-0.3, -0.25) is 4.79 Å². The smallest absolute Gasteiger partial charge is 0.434 e. The molecule has 0 spiro atoms. The Morgan fingerprint density at radius 1 is 1.04 bits per heavy atom. The minimum atomic E-state index is -5.34. The van der Waals surface area contributed by atoms with E-state index < -0.39 is 45.9 Å². The van der Waals surface area contributed by atoms with Crippen molar-refractivity contribution >= 4 is 29.4 Å². The number of alkyl halides is 6. The highest BCUT2D eigenvalue weighted by Crippen LogP contribution is 2.43. The Bertz CT molecular complexity index is 581. The number of esters is 2. The van der Waals surface area contributed by atoms with Gasteiger partial charge in [-0.05, 0) is 13.8 Å². The Morgan fingerprint density at radius 2 is 1.58 bits per heavy atom. The van der Waals surface area contributed by atoms with E-state index in [1.807, 2.05) is 0 Å². The van der Waals surface area contributed by atoms with Crippen molar-refractivity contribution in [3.8, 4) is 0 Å². The van der Waals surface area contributed by atoms with Crippen molar-refractivity contribution in [2.75, 3.05) is 13.2 Å².